The molecule has 3 aromatic rings. The maximum absolute atomic E-state index is 13.3. The Morgan fingerprint density at radius 1 is 1.27 bits per heavy atom. The molecule has 4 heterocycles. The molecular weight excluding hydrogens is 422 g/mol. The topological polar surface area (TPSA) is 102 Å². The summed E-state index contributed by atoms with van der Waals surface area (Å²) in [6.07, 6.45) is -0.859. The number of ether oxygens (including phenoxy) is 1. The molecular formula is C25H25N3O5. The third-order valence-corrected chi connectivity index (χ3v) is 6.61. The molecule has 8 heteroatoms. The Balaban J connectivity index is 1.67. The number of aromatic nitrogens is 2. The molecule has 1 N–H and O–H groups in total. The van der Waals surface area contributed by atoms with Crippen molar-refractivity contribution >= 4 is 22.8 Å². The quantitative estimate of drug-likeness (QED) is 0.482. The van der Waals surface area contributed by atoms with E-state index in [1.54, 1.807) is 17.6 Å². The van der Waals surface area contributed by atoms with E-state index in [4.69, 9.17) is 9.72 Å². The van der Waals surface area contributed by atoms with Crippen LogP contribution in [0.25, 0.3) is 22.3 Å². The average molecular weight is 447 g/mol. The predicted molar refractivity (Wildman–Crippen MR) is 122 cm³/mol. The fourth-order valence-corrected chi connectivity index (χ4v) is 4.96. The highest BCUT2D eigenvalue weighted by atomic mass is 16.5. The van der Waals surface area contributed by atoms with E-state index in [0.29, 0.717) is 36.5 Å². The third-order valence-electron chi connectivity index (χ3n) is 6.61. The fraction of sp³-hybridized carbons (Fsp3) is 0.360. The van der Waals surface area contributed by atoms with Crippen LogP contribution in [0.5, 0.6) is 0 Å². The minimum absolute atomic E-state index is 0.0193. The summed E-state index contributed by atoms with van der Waals surface area (Å²) < 4.78 is 6.61. The summed E-state index contributed by atoms with van der Waals surface area (Å²) in [7, 11) is 0. The Kier molecular flexibility index (Phi) is 5.05. The number of carbonyl (C=O) groups excluding carboxylic acids is 2. The molecule has 0 aliphatic carbocycles. The SMILES string of the molecule is CC(=O)N(CCc1c2c(nc3ccccc13)-c1cc3c(c(=O)n1C2)COC(=O)C3O)C(C)C. The molecule has 2 aliphatic heterocycles. The average Bonchev–Trinajstić information content (AvgIpc) is 3.14. The first-order valence-corrected chi connectivity index (χ1v) is 11.1. The zero-order valence-electron chi connectivity index (χ0n) is 18.8. The van der Waals surface area contributed by atoms with Gasteiger partial charge in [0.05, 0.1) is 29.0 Å². The number of pyridine rings is 2. The van der Waals surface area contributed by atoms with Gasteiger partial charge in [0.25, 0.3) is 5.56 Å². The lowest BCUT2D eigenvalue weighted by molar-refractivity contribution is -0.157. The summed E-state index contributed by atoms with van der Waals surface area (Å²) in [4.78, 5) is 43.9. The summed E-state index contributed by atoms with van der Waals surface area (Å²) in [5, 5.41) is 11.3. The fourth-order valence-electron chi connectivity index (χ4n) is 4.96. The van der Waals surface area contributed by atoms with Crippen molar-refractivity contribution in [3.05, 3.63) is 62.9 Å². The molecule has 0 saturated carbocycles. The molecule has 170 valence electrons. The number of cyclic esters (lactones) is 1. The third kappa shape index (κ3) is 3.33. The predicted octanol–water partition coefficient (Wildman–Crippen LogP) is 2.31. The molecule has 0 bridgehead atoms. The molecule has 0 saturated heterocycles. The maximum atomic E-state index is 13.3. The smallest absolute Gasteiger partial charge is 0.340 e. The van der Waals surface area contributed by atoms with Crippen molar-refractivity contribution in [2.45, 2.75) is 52.5 Å². The van der Waals surface area contributed by atoms with E-state index in [9.17, 15) is 19.5 Å². The van der Waals surface area contributed by atoms with Gasteiger partial charge >= 0.3 is 5.97 Å². The van der Waals surface area contributed by atoms with Gasteiger partial charge in [-0.1, -0.05) is 18.2 Å². The molecule has 1 unspecified atom stereocenters. The van der Waals surface area contributed by atoms with Crippen LogP contribution < -0.4 is 5.56 Å². The molecule has 2 aromatic heterocycles. The van der Waals surface area contributed by atoms with Crippen LogP contribution in [0.2, 0.25) is 0 Å². The largest absolute Gasteiger partial charge is 0.458 e. The molecule has 0 spiro atoms. The number of aliphatic hydroxyl groups is 1. The highest BCUT2D eigenvalue weighted by molar-refractivity contribution is 5.88. The Morgan fingerprint density at radius 3 is 2.76 bits per heavy atom. The number of nitrogens with zero attached hydrogens (tertiary/aromatic N) is 3. The number of carbonyl (C=O) groups is 2. The van der Waals surface area contributed by atoms with Gasteiger partial charge in [-0.25, -0.2) is 9.78 Å². The van der Waals surface area contributed by atoms with Gasteiger partial charge in [-0.15, -0.1) is 0 Å². The van der Waals surface area contributed by atoms with E-state index in [0.717, 1.165) is 22.0 Å². The first-order valence-electron chi connectivity index (χ1n) is 11.1. The molecule has 0 radical (unpaired) electrons. The number of hydrogen-bond donors (Lipinski definition) is 1. The van der Waals surface area contributed by atoms with Crippen molar-refractivity contribution in [2.75, 3.05) is 6.54 Å². The number of hydrogen-bond acceptors (Lipinski definition) is 6. The molecule has 1 atom stereocenters. The van der Waals surface area contributed by atoms with Crippen molar-refractivity contribution in [2.24, 2.45) is 0 Å². The second-order valence-electron chi connectivity index (χ2n) is 8.86. The minimum Gasteiger partial charge on any atom is -0.458 e. The standard InChI is InChI=1S/C25H25N3O5/c1-13(2)27(14(3)29)9-8-15-16-6-4-5-7-20(16)26-22-18(15)11-28-21(22)10-17-19(24(28)31)12-33-25(32)23(17)30/h4-7,10,13,23,30H,8-9,11-12H2,1-3H3. The Bertz CT molecular complexity index is 1370. The molecule has 33 heavy (non-hydrogen) atoms. The van der Waals surface area contributed by atoms with Gasteiger partial charge in [-0.05, 0) is 38.0 Å². The van der Waals surface area contributed by atoms with E-state index in [2.05, 4.69) is 0 Å². The van der Waals surface area contributed by atoms with Gasteiger partial charge in [-0.2, -0.15) is 0 Å². The van der Waals surface area contributed by atoms with Gasteiger partial charge in [0.15, 0.2) is 6.10 Å². The molecule has 8 nitrogen and oxygen atoms in total. The van der Waals surface area contributed by atoms with Crippen LogP contribution in [0, 0.1) is 0 Å². The van der Waals surface area contributed by atoms with Gasteiger partial charge in [0.2, 0.25) is 5.91 Å². The van der Waals surface area contributed by atoms with Crippen LogP contribution >= 0.6 is 0 Å². The second kappa shape index (κ2) is 7.81. The molecule has 1 aromatic carbocycles. The number of amides is 1. The zero-order valence-corrected chi connectivity index (χ0v) is 18.8. The van der Waals surface area contributed by atoms with Crippen molar-refractivity contribution < 1.29 is 19.4 Å². The Labute approximate surface area is 190 Å². The monoisotopic (exact) mass is 447 g/mol. The van der Waals surface area contributed by atoms with Gasteiger partial charge in [0, 0.05) is 36.0 Å². The molecule has 2 aliphatic rings. The van der Waals surface area contributed by atoms with Gasteiger partial charge in [-0.3, -0.25) is 9.59 Å². The van der Waals surface area contributed by atoms with E-state index < -0.39 is 12.1 Å². The van der Waals surface area contributed by atoms with E-state index >= 15 is 0 Å². The number of benzene rings is 1. The van der Waals surface area contributed by atoms with Gasteiger partial charge in [0.1, 0.15) is 6.61 Å². The van der Waals surface area contributed by atoms with E-state index in [1.807, 2.05) is 43.0 Å². The second-order valence-corrected chi connectivity index (χ2v) is 8.86. The van der Waals surface area contributed by atoms with Crippen molar-refractivity contribution in [1.29, 1.82) is 0 Å². The number of para-hydroxylation sites is 1. The van der Waals surface area contributed by atoms with Crippen LogP contribution in [-0.4, -0.2) is 44.0 Å². The lowest BCUT2D eigenvalue weighted by atomic mass is 9.96. The van der Waals surface area contributed by atoms with Gasteiger partial charge < -0.3 is 19.3 Å². The van der Waals surface area contributed by atoms with E-state index in [1.165, 1.54) is 0 Å². The Hall–Kier alpha value is -3.52. The summed E-state index contributed by atoms with van der Waals surface area (Å²) in [5.74, 6) is -0.735. The highest BCUT2D eigenvalue weighted by Crippen LogP contribution is 2.38. The number of fused-ring (bicyclic) bond motifs is 5. The normalized spacial score (nSPS) is 16.4. The number of esters is 1. The first-order chi connectivity index (χ1) is 15.8. The van der Waals surface area contributed by atoms with Crippen LogP contribution in [0.15, 0.2) is 35.1 Å². The lowest BCUT2D eigenvalue weighted by Crippen LogP contribution is -2.36. The van der Waals surface area contributed by atoms with Crippen LogP contribution in [0.1, 0.15) is 49.1 Å². The maximum Gasteiger partial charge on any atom is 0.340 e. The molecule has 0 fully saturated rings. The van der Waals surface area contributed by atoms with Crippen LogP contribution in [0.3, 0.4) is 0 Å². The summed E-state index contributed by atoms with van der Waals surface area (Å²) >= 11 is 0. The number of rotatable bonds is 4. The first kappa shape index (κ1) is 21.3. The van der Waals surface area contributed by atoms with E-state index in [-0.39, 0.29) is 29.7 Å². The van der Waals surface area contributed by atoms with Crippen molar-refractivity contribution in [3.8, 4) is 11.4 Å². The Morgan fingerprint density at radius 2 is 2.03 bits per heavy atom. The summed E-state index contributed by atoms with van der Waals surface area (Å²) in [6.45, 7) is 6.30. The molecule has 1 amide bonds. The molecule has 5 rings (SSSR count). The van der Waals surface area contributed by atoms with Crippen molar-refractivity contribution in [3.63, 3.8) is 0 Å². The lowest BCUT2D eigenvalue weighted by Gasteiger charge is -2.26. The van der Waals surface area contributed by atoms with Crippen LogP contribution in [-0.2, 0) is 33.9 Å². The van der Waals surface area contributed by atoms with Crippen LogP contribution in [0.4, 0.5) is 0 Å². The summed E-state index contributed by atoms with van der Waals surface area (Å²) in [5.41, 5.74) is 4.34. The van der Waals surface area contributed by atoms with Crippen molar-refractivity contribution in [1.82, 2.24) is 14.5 Å². The highest BCUT2D eigenvalue weighted by Gasteiger charge is 2.34. The number of aliphatic hydroxyl groups excluding tert-OH is 1. The zero-order chi connectivity index (χ0) is 23.4. The minimum atomic E-state index is -1.48. The summed E-state index contributed by atoms with van der Waals surface area (Å²) in [6, 6.07) is 9.57.